The van der Waals surface area contributed by atoms with Crippen LogP contribution in [-0.2, 0) is 4.74 Å². The maximum absolute atomic E-state index is 14.6. The van der Waals surface area contributed by atoms with E-state index in [4.69, 9.17) is 4.74 Å². The van der Waals surface area contributed by atoms with Crippen LogP contribution in [0.25, 0.3) is 16.9 Å². The molecule has 1 unspecified atom stereocenters. The van der Waals surface area contributed by atoms with Crippen molar-refractivity contribution in [1.29, 1.82) is 0 Å². The SMILES string of the molecule is CC(C)NC(=O)OC1CN(c2cc(-c3c[nH]c(=O)[nH]c3=O)nc3ccnn23)CC1(F)F. The molecule has 0 saturated carbocycles. The number of ether oxygens (including phenoxy) is 1. The molecule has 1 aliphatic rings. The number of H-pyrrole nitrogens is 2. The van der Waals surface area contributed by atoms with E-state index in [2.05, 4.69) is 25.4 Å². The van der Waals surface area contributed by atoms with E-state index in [1.807, 2.05) is 0 Å². The maximum Gasteiger partial charge on any atom is 0.407 e. The lowest BCUT2D eigenvalue weighted by atomic mass is 10.2. The van der Waals surface area contributed by atoms with E-state index in [0.29, 0.717) is 5.65 Å². The molecule has 3 aromatic rings. The minimum atomic E-state index is -3.31. The van der Waals surface area contributed by atoms with Crippen molar-refractivity contribution >= 4 is 17.6 Å². The van der Waals surface area contributed by atoms with Gasteiger partial charge in [-0.1, -0.05) is 0 Å². The van der Waals surface area contributed by atoms with Gasteiger partial charge in [-0.25, -0.2) is 23.4 Å². The molecule has 11 nitrogen and oxygen atoms in total. The number of alkyl carbamates (subject to hydrolysis) is 1. The fourth-order valence-corrected chi connectivity index (χ4v) is 3.31. The Hall–Kier alpha value is -3.77. The van der Waals surface area contributed by atoms with Gasteiger partial charge in [0.1, 0.15) is 5.82 Å². The Morgan fingerprint density at radius 2 is 2.16 bits per heavy atom. The number of nitrogens with one attached hydrogen (secondary N) is 3. The van der Waals surface area contributed by atoms with Crippen molar-refractivity contribution in [3.63, 3.8) is 0 Å². The van der Waals surface area contributed by atoms with E-state index in [1.54, 1.807) is 19.9 Å². The average Bonchev–Trinajstić information content (AvgIpc) is 3.24. The molecule has 4 rings (SSSR count). The highest BCUT2D eigenvalue weighted by atomic mass is 19.3. The molecular weight excluding hydrogens is 416 g/mol. The first kappa shape index (κ1) is 20.5. The molecule has 0 spiro atoms. The number of nitrogens with zero attached hydrogens (tertiary/aromatic N) is 4. The number of hydrogen-bond acceptors (Lipinski definition) is 7. The van der Waals surface area contributed by atoms with Gasteiger partial charge in [-0.3, -0.25) is 9.78 Å². The van der Waals surface area contributed by atoms with Gasteiger partial charge in [0, 0.05) is 24.4 Å². The lowest BCUT2D eigenvalue weighted by molar-refractivity contribution is -0.0765. The van der Waals surface area contributed by atoms with E-state index < -0.39 is 35.9 Å². The third kappa shape index (κ3) is 3.98. The molecule has 1 fully saturated rings. The number of fused-ring (bicyclic) bond motifs is 1. The zero-order chi connectivity index (χ0) is 22.3. The molecule has 164 valence electrons. The topological polar surface area (TPSA) is 137 Å². The molecule has 3 aromatic heterocycles. The van der Waals surface area contributed by atoms with Crippen LogP contribution in [0, 0.1) is 0 Å². The highest BCUT2D eigenvalue weighted by molar-refractivity contribution is 5.68. The fourth-order valence-electron chi connectivity index (χ4n) is 3.31. The number of carbonyl (C=O) groups excluding carboxylic acids is 1. The minimum absolute atomic E-state index is 0.0552. The van der Waals surface area contributed by atoms with Gasteiger partial charge < -0.3 is 19.9 Å². The fraction of sp³-hybridized carbons (Fsp3) is 0.389. The van der Waals surface area contributed by atoms with Crippen LogP contribution in [-0.4, -0.2) is 61.8 Å². The Kier molecular flexibility index (Phi) is 4.95. The Labute approximate surface area is 173 Å². The Morgan fingerprint density at radius 1 is 1.39 bits per heavy atom. The molecule has 0 aromatic carbocycles. The Morgan fingerprint density at radius 3 is 2.87 bits per heavy atom. The van der Waals surface area contributed by atoms with E-state index in [0.717, 1.165) is 0 Å². The van der Waals surface area contributed by atoms with E-state index >= 15 is 0 Å². The number of amides is 1. The molecule has 0 radical (unpaired) electrons. The summed E-state index contributed by atoms with van der Waals surface area (Å²) in [7, 11) is 0. The summed E-state index contributed by atoms with van der Waals surface area (Å²) < 4.78 is 35.5. The number of anilines is 1. The monoisotopic (exact) mass is 435 g/mol. The van der Waals surface area contributed by atoms with Gasteiger partial charge in [0.25, 0.3) is 5.56 Å². The van der Waals surface area contributed by atoms with E-state index in [9.17, 15) is 23.2 Å². The van der Waals surface area contributed by atoms with Crippen molar-refractivity contribution in [3.8, 4) is 11.3 Å². The molecule has 31 heavy (non-hydrogen) atoms. The summed E-state index contributed by atoms with van der Waals surface area (Å²) in [6.45, 7) is 2.35. The third-order valence-electron chi connectivity index (χ3n) is 4.67. The van der Waals surface area contributed by atoms with E-state index in [-0.39, 0.29) is 29.7 Å². The molecule has 1 atom stereocenters. The first-order valence-electron chi connectivity index (χ1n) is 9.41. The van der Waals surface area contributed by atoms with Gasteiger partial charge >= 0.3 is 17.7 Å². The van der Waals surface area contributed by atoms with Gasteiger partial charge in [0.15, 0.2) is 11.8 Å². The number of alkyl halides is 2. The highest BCUT2D eigenvalue weighted by Gasteiger charge is 2.51. The van der Waals surface area contributed by atoms with Crippen LogP contribution < -0.4 is 21.5 Å². The zero-order valence-electron chi connectivity index (χ0n) is 16.6. The second-order valence-electron chi connectivity index (χ2n) is 7.42. The molecule has 3 N–H and O–H groups in total. The second-order valence-corrected chi connectivity index (χ2v) is 7.42. The summed E-state index contributed by atoms with van der Waals surface area (Å²) >= 11 is 0. The molecule has 0 aliphatic carbocycles. The lowest BCUT2D eigenvalue weighted by Gasteiger charge is -2.19. The molecule has 4 heterocycles. The van der Waals surface area contributed by atoms with Crippen molar-refractivity contribution in [2.45, 2.75) is 31.9 Å². The lowest BCUT2D eigenvalue weighted by Crippen LogP contribution is -2.40. The summed E-state index contributed by atoms with van der Waals surface area (Å²) in [5.74, 6) is -3.09. The van der Waals surface area contributed by atoms with Crippen LogP contribution >= 0.6 is 0 Å². The van der Waals surface area contributed by atoms with Gasteiger partial charge in [0.2, 0.25) is 0 Å². The van der Waals surface area contributed by atoms with Crippen LogP contribution in [0.4, 0.5) is 19.4 Å². The molecule has 13 heteroatoms. The molecular formula is C18H19F2N7O4. The standard InChI is InChI=1S/C18H19F2N7O4/c1-9(2)23-17(30)31-12-7-26(8-18(12,19)20)14-5-11(24-13-3-4-22-27(13)14)10-6-21-16(29)25-15(10)28/h3-6,9,12H,7-8H2,1-2H3,(H,23,30)(H2,21,25,28,29). The first-order chi connectivity index (χ1) is 14.6. The smallest absolute Gasteiger partial charge is 0.407 e. The number of hydrogen-bond donors (Lipinski definition) is 3. The van der Waals surface area contributed by atoms with Crippen LogP contribution in [0.15, 0.2) is 34.1 Å². The average molecular weight is 435 g/mol. The van der Waals surface area contributed by atoms with Crippen LogP contribution in [0.2, 0.25) is 0 Å². The minimum Gasteiger partial charge on any atom is -0.438 e. The van der Waals surface area contributed by atoms with Crippen molar-refractivity contribution in [1.82, 2.24) is 29.9 Å². The van der Waals surface area contributed by atoms with Crippen molar-refractivity contribution in [2.24, 2.45) is 0 Å². The summed E-state index contributed by atoms with van der Waals surface area (Å²) in [5, 5.41) is 6.53. The Balaban J connectivity index is 1.71. The first-order valence-corrected chi connectivity index (χ1v) is 9.41. The number of aromatic nitrogens is 5. The molecule has 0 bridgehead atoms. The summed E-state index contributed by atoms with van der Waals surface area (Å²) in [6.07, 6.45) is 0.0252. The van der Waals surface area contributed by atoms with Crippen LogP contribution in [0.3, 0.4) is 0 Å². The summed E-state index contributed by atoms with van der Waals surface area (Å²) in [5.41, 5.74) is -0.837. The molecule has 1 aliphatic heterocycles. The quantitative estimate of drug-likeness (QED) is 0.549. The highest BCUT2D eigenvalue weighted by Crippen LogP contribution is 2.34. The van der Waals surface area contributed by atoms with Crippen LogP contribution in [0.5, 0.6) is 0 Å². The molecule has 1 amide bonds. The van der Waals surface area contributed by atoms with Gasteiger partial charge in [-0.05, 0) is 13.8 Å². The summed E-state index contributed by atoms with van der Waals surface area (Å²) in [6, 6.07) is 2.70. The van der Waals surface area contributed by atoms with Gasteiger partial charge in [0.05, 0.1) is 30.5 Å². The van der Waals surface area contributed by atoms with Gasteiger partial charge in [-0.2, -0.15) is 9.61 Å². The predicted octanol–water partition coefficient (Wildman–Crippen LogP) is 0.731. The second kappa shape index (κ2) is 7.49. The predicted molar refractivity (Wildman–Crippen MR) is 105 cm³/mol. The number of aromatic amines is 2. The van der Waals surface area contributed by atoms with Crippen molar-refractivity contribution in [3.05, 3.63) is 45.4 Å². The number of halogens is 2. The number of carbonyl (C=O) groups is 1. The number of rotatable bonds is 4. The largest absolute Gasteiger partial charge is 0.438 e. The molecule has 1 saturated heterocycles. The van der Waals surface area contributed by atoms with Gasteiger partial charge in [-0.15, -0.1) is 0 Å². The van der Waals surface area contributed by atoms with Crippen molar-refractivity contribution in [2.75, 3.05) is 18.0 Å². The van der Waals surface area contributed by atoms with Crippen LogP contribution in [0.1, 0.15) is 13.8 Å². The normalized spacial score (nSPS) is 18.0. The van der Waals surface area contributed by atoms with Crippen molar-refractivity contribution < 1.29 is 18.3 Å². The zero-order valence-corrected chi connectivity index (χ0v) is 16.6. The Bertz CT molecular complexity index is 1250. The third-order valence-corrected chi connectivity index (χ3v) is 4.67. The maximum atomic E-state index is 14.6. The van der Waals surface area contributed by atoms with E-state index in [1.165, 1.54) is 27.9 Å². The summed E-state index contributed by atoms with van der Waals surface area (Å²) in [4.78, 5) is 45.4.